The molecule has 0 fully saturated rings. The first kappa shape index (κ1) is 15.5. The fraction of sp³-hybridized carbons (Fsp3) is 0.500. The Bertz CT molecular complexity index is 423. The molecule has 1 aromatic carbocycles. The van der Waals surface area contributed by atoms with Crippen molar-refractivity contribution >= 4 is 5.91 Å². The third kappa shape index (κ3) is 4.22. The average Bonchev–Trinajstić information content (AvgIpc) is 2.44. The first-order chi connectivity index (χ1) is 8.99. The number of methoxy groups -OCH3 is 1. The SMILES string of the molecule is COc1cccc(CN(C)C(C)C(C)C(=O)NN)c1. The Hall–Kier alpha value is -1.59. The van der Waals surface area contributed by atoms with Crippen LogP contribution in [0.3, 0.4) is 0 Å². The maximum Gasteiger partial charge on any atom is 0.238 e. The molecule has 3 N–H and O–H groups in total. The molecule has 0 radical (unpaired) electrons. The third-order valence-electron chi connectivity index (χ3n) is 3.54. The highest BCUT2D eigenvalue weighted by molar-refractivity contribution is 5.78. The van der Waals surface area contributed by atoms with Gasteiger partial charge in [-0.1, -0.05) is 19.1 Å². The van der Waals surface area contributed by atoms with E-state index in [1.807, 2.05) is 45.2 Å². The van der Waals surface area contributed by atoms with E-state index in [1.54, 1.807) is 7.11 Å². The Labute approximate surface area is 114 Å². The molecule has 0 aliphatic heterocycles. The van der Waals surface area contributed by atoms with E-state index < -0.39 is 0 Å². The molecule has 0 aliphatic rings. The van der Waals surface area contributed by atoms with Gasteiger partial charge in [-0.05, 0) is 31.7 Å². The second kappa shape index (κ2) is 7.11. The van der Waals surface area contributed by atoms with Gasteiger partial charge in [0.05, 0.1) is 13.0 Å². The summed E-state index contributed by atoms with van der Waals surface area (Å²) in [5.74, 6) is 5.69. The number of nitrogens with zero attached hydrogens (tertiary/aromatic N) is 1. The van der Waals surface area contributed by atoms with Gasteiger partial charge in [0.2, 0.25) is 5.91 Å². The van der Waals surface area contributed by atoms with Gasteiger partial charge in [0.15, 0.2) is 0 Å². The minimum atomic E-state index is -0.166. The first-order valence-electron chi connectivity index (χ1n) is 6.33. The van der Waals surface area contributed by atoms with Gasteiger partial charge in [-0.3, -0.25) is 15.1 Å². The number of amides is 1. The van der Waals surface area contributed by atoms with Crippen LogP contribution in [-0.2, 0) is 11.3 Å². The number of ether oxygens (including phenoxy) is 1. The second-order valence-corrected chi connectivity index (χ2v) is 4.80. The highest BCUT2D eigenvalue weighted by Gasteiger charge is 2.22. The normalized spacial score (nSPS) is 14.0. The summed E-state index contributed by atoms with van der Waals surface area (Å²) in [7, 11) is 3.64. The summed E-state index contributed by atoms with van der Waals surface area (Å²) < 4.78 is 5.20. The van der Waals surface area contributed by atoms with Gasteiger partial charge in [0, 0.05) is 12.6 Å². The summed E-state index contributed by atoms with van der Waals surface area (Å²) in [4.78, 5) is 13.6. The monoisotopic (exact) mass is 265 g/mol. The summed E-state index contributed by atoms with van der Waals surface area (Å²) in [6.45, 7) is 4.63. The van der Waals surface area contributed by atoms with Crippen molar-refractivity contribution in [2.45, 2.75) is 26.4 Å². The molecule has 0 saturated heterocycles. The Kier molecular flexibility index (Phi) is 5.79. The zero-order valence-corrected chi connectivity index (χ0v) is 12.0. The van der Waals surface area contributed by atoms with Crippen molar-refractivity contribution in [2.24, 2.45) is 11.8 Å². The Morgan fingerprint density at radius 1 is 1.47 bits per heavy atom. The molecule has 1 aromatic rings. The number of carbonyl (C=O) groups excluding carboxylic acids is 1. The van der Waals surface area contributed by atoms with Crippen molar-refractivity contribution in [3.8, 4) is 5.75 Å². The van der Waals surface area contributed by atoms with Gasteiger partial charge >= 0.3 is 0 Å². The fourth-order valence-electron chi connectivity index (χ4n) is 1.94. The van der Waals surface area contributed by atoms with Gasteiger partial charge in [-0.2, -0.15) is 0 Å². The zero-order chi connectivity index (χ0) is 14.4. The average molecular weight is 265 g/mol. The molecule has 1 rings (SSSR count). The van der Waals surface area contributed by atoms with Crippen LogP contribution in [0.2, 0.25) is 0 Å². The van der Waals surface area contributed by atoms with E-state index >= 15 is 0 Å². The molecule has 0 bridgehead atoms. The van der Waals surface area contributed by atoms with Crippen LogP contribution in [0.25, 0.3) is 0 Å². The van der Waals surface area contributed by atoms with E-state index in [0.29, 0.717) is 0 Å². The van der Waals surface area contributed by atoms with E-state index in [4.69, 9.17) is 10.6 Å². The number of rotatable bonds is 6. The van der Waals surface area contributed by atoms with Gasteiger partial charge in [-0.25, -0.2) is 5.84 Å². The topological polar surface area (TPSA) is 67.6 Å². The number of nitrogens with two attached hydrogens (primary N) is 1. The molecule has 0 saturated carbocycles. The highest BCUT2D eigenvalue weighted by atomic mass is 16.5. The van der Waals surface area contributed by atoms with Gasteiger partial charge in [-0.15, -0.1) is 0 Å². The lowest BCUT2D eigenvalue weighted by molar-refractivity contribution is -0.126. The van der Waals surface area contributed by atoms with Crippen LogP contribution in [0.5, 0.6) is 5.75 Å². The van der Waals surface area contributed by atoms with E-state index in [2.05, 4.69) is 10.3 Å². The summed E-state index contributed by atoms with van der Waals surface area (Å²) in [6, 6.07) is 8.01. The Balaban J connectivity index is 2.67. The standard InChI is InChI=1S/C14H23N3O2/c1-10(14(18)16-15)11(2)17(3)9-12-6-5-7-13(8-12)19-4/h5-8,10-11H,9,15H2,1-4H3,(H,16,18). The summed E-state index contributed by atoms with van der Waals surface area (Å²) >= 11 is 0. The molecular weight excluding hydrogens is 242 g/mol. The van der Waals surface area contributed by atoms with Crippen molar-refractivity contribution in [1.29, 1.82) is 0 Å². The van der Waals surface area contributed by atoms with Crippen molar-refractivity contribution < 1.29 is 9.53 Å². The van der Waals surface area contributed by atoms with Crippen LogP contribution in [0.15, 0.2) is 24.3 Å². The minimum absolute atomic E-state index is 0.0924. The van der Waals surface area contributed by atoms with Gasteiger partial charge < -0.3 is 4.74 Å². The van der Waals surface area contributed by atoms with Crippen molar-refractivity contribution in [1.82, 2.24) is 10.3 Å². The summed E-state index contributed by atoms with van der Waals surface area (Å²) in [5, 5.41) is 0. The number of carbonyl (C=O) groups is 1. The Morgan fingerprint density at radius 2 is 2.16 bits per heavy atom. The smallest absolute Gasteiger partial charge is 0.238 e. The zero-order valence-electron chi connectivity index (χ0n) is 12.0. The number of nitrogens with one attached hydrogen (secondary N) is 1. The molecule has 0 aromatic heterocycles. The molecule has 5 heteroatoms. The molecule has 5 nitrogen and oxygen atoms in total. The van der Waals surface area contributed by atoms with Gasteiger partial charge in [0.1, 0.15) is 5.75 Å². The third-order valence-corrected chi connectivity index (χ3v) is 3.54. The predicted octanol–water partition coefficient (Wildman–Crippen LogP) is 1.14. The maximum absolute atomic E-state index is 11.5. The highest BCUT2D eigenvalue weighted by Crippen LogP contribution is 2.17. The number of hydrogen-bond donors (Lipinski definition) is 2. The van der Waals surface area contributed by atoms with E-state index in [1.165, 1.54) is 0 Å². The number of hydrogen-bond acceptors (Lipinski definition) is 4. The quantitative estimate of drug-likeness (QED) is 0.460. The Morgan fingerprint density at radius 3 is 2.74 bits per heavy atom. The lowest BCUT2D eigenvalue weighted by atomic mass is 10.0. The molecule has 19 heavy (non-hydrogen) atoms. The largest absolute Gasteiger partial charge is 0.497 e. The van der Waals surface area contributed by atoms with Crippen LogP contribution >= 0.6 is 0 Å². The van der Waals surface area contributed by atoms with E-state index in [-0.39, 0.29) is 17.9 Å². The molecule has 106 valence electrons. The van der Waals surface area contributed by atoms with Crippen LogP contribution in [0.1, 0.15) is 19.4 Å². The van der Waals surface area contributed by atoms with Crippen LogP contribution < -0.4 is 16.0 Å². The van der Waals surface area contributed by atoms with Crippen LogP contribution in [0.4, 0.5) is 0 Å². The first-order valence-corrected chi connectivity index (χ1v) is 6.33. The number of benzene rings is 1. The molecule has 2 unspecified atom stereocenters. The molecule has 0 heterocycles. The maximum atomic E-state index is 11.5. The number of hydrazine groups is 1. The minimum Gasteiger partial charge on any atom is -0.497 e. The molecule has 0 aliphatic carbocycles. The lowest BCUT2D eigenvalue weighted by Crippen LogP contribution is -2.44. The van der Waals surface area contributed by atoms with Crippen molar-refractivity contribution in [3.63, 3.8) is 0 Å². The van der Waals surface area contributed by atoms with Crippen LogP contribution in [-0.4, -0.2) is 31.0 Å². The van der Waals surface area contributed by atoms with Gasteiger partial charge in [0.25, 0.3) is 0 Å². The molecular formula is C14H23N3O2. The van der Waals surface area contributed by atoms with Crippen molar-refractivity contribution in [2.75, 3.05) is 14.2 Å². The van der Waals surface area contributed by atoms with E-state index in [0.717, 1.165) is 17.9 Å². The predicted molar refractivity (Wildman–Crippen MR) is 75.4 cm³/mol. The molecule has 1 amide bonds. The fourth-order valence-corrected chi connectivity index (χ4v) is 1.94. The molecule has 0 spiro atoms. The van der Waals surface area contributed by atoms with E-state index in [9.17, 15) is 4.79 Å². The summed E-state index contributed by atoms with van der Waals surface area (Å²) in [5.41, 5.74) is 3.34. The molecule has 2 atom stereocenters. The van der Waals surface area contributed by atoms with Crippen LogP contribution in [0, 0.1) is 5.92 Å². The van der Waals surface area contributed by atoms with Crippen molar-refractivity contribution in [3.05, 3.63) is 29.8 Å². The second-order valence-electron chi connectivity index (χ2n) is 4.80. The lowest BCUT2D eigenvalue weighted by Gasteiger charge is -2.28. The summed E-state index contributed by atoms with van der Waals surface area (Å²) in [6.07, 6.45) is 0.